The number of carbonyl (C=O) groups is 3. The lowest BCUT2D eigenvalue weighted by Gasteiger charge is -2.31. The molecule has 0 atom stereocenters. The van der Waals surface area contributed by atoms with Gasteiger partial charge in [0.05, 0.1) is 17.5 Å². The van der Waals surface area contributed by atoms with Gasteiger partial charge in [-0.1, -0.05) is 6.92 Å². The predicted octanol–water partition coefficient (Wildman–Crippen LogP) is 3.47. The molecule has 252 valence electrons. The van der Waals surface area contributed by atoms with Gasteiger partial charge in [-0.25, -0.2) is 18.7 Å². The molecule has 0 spiro atoms. The lowest BCUT2D eigenvalue weighted by Crippen LogP contribution is -2.46. The first kappa shape index (κ1) is 34.7. The van der Waals surface area contributed by atoms with Crippen LogP contribution in [0.5, 0.6) is 0 Å². The van der Waals surface area contributed by atoms with Crippen molar-refractivity contribution in [2.24, 2.45) is 11.7 Å². The van der Waals surface area contributed by atoms with Gasteiger partial charge in [-0.05, 0) is 43.0 Å². The molecule has 1 fully saturated rings. The zero-order valence-electron chi connectivity index (χ0n) is 25.0. The number of hydrogen-bond donors (Lipinski definition) is 5. The van der Waals surface area contributed by atoms with Gasteiger partial charge in [0.1, 0.15) is 6.54 Å². The van der Waals surface area contributed by atoms with E-state index in [1.54, 1.807) is 18.2 Å². The molecule has 0 saturated heterocycles. The first-order chi connectivity index (χ1) is 22.4. The van der Waals surface area contributed by atoms with E-state index in [0.717, 1.165) is 11.8 Å². The fraction of sp³-hybridized carbons (Fsp3) is 0.379. The molecule has 5 rings (SSSR count). The number of benzene rings is 1. The number of anilines is 2. The largest absolute Gasteiger partial charge is 0.483 e. The second-order valence-electron chi connectivity index (χ2n) is 10.5. The third-order valence-corrected chi connectivity index (χ3v) is 7.31. The quantitative estimate of drug-likeness (QED) is 0.0911. The Kier molecular flexibility index (Phi) is 11.1. The van der Waals surface area contributed by atoms with Crippen LogP contribution in [0.3, 0.4) is 0 Å². The Bertz CT molecular complexity index is 1720. The molecule has 4 aromatic rings. The normalized spacial score (nSPS) is 15.8. The molecule has 0 aliphatic heterocycles. The summed E-state index contributed by atoms with van der Waals surface area (Å²) in [6.07, 6.45) is -1.05. The van der Waals surface area contributed by atoms with Crippen LogP contribution in [0.4, 0.5) is 33.5 Å². The van der Waals surface area contributed by atoms with Gasteiger partial charge in [0.25, 0.3) is 18.8 Å². The number of halogens is 5. The van der Waals surface area contributed by atoms with Crippen LogP contribution in [0.2, 0.25) is 0 Å². The molecule has 2 amide bonds. The maximum atomic E-state index is 13.7. The Hall–Kier alpha value is -5.13. The molecule has 1 aromatic carbocycles. The summed E-state index contributed by atoms with van der Waals surface area (Å²) in [5.74, 6) is -0.230. The number of fused-ring (bicyclic) bond motifs is 1. The Morgan fingerprint density at radius 1 is 1.17 bits per heavy atom. The fourth-order valence-corrected chi connectivity index (χ4v) is 5.06. The maximum absolute atomic E-state index is 13.7. The van der Waals surface area contributed by atoms with Gasteiger partial charge >= 0.3 is 6.18 Å². The van der Waals surface area contributed by atoms with E-state index in [-0.39, 0.29) is 60.5 Å². The molecule has 0 radical (unpaired) electrons. The molecule has 3 heterocycles. The van der Waals surface area contributed by atoms with Gasteiger partial charge in [0.2, 0.25) is 5.91 Å². The third kappa shape index (κ3) is 8.37. The number of nitrogens with one attached hydrogen (secondary N) is 3. The lowest BCUT2D eigenvalue weighted by molar-refractivity contribution is -0.141. The minimum atomic E-state index is -4.88. The molecule has 47 heavy (non-hydrogen) atoms. The topological polar surface area (TPSA) is 182 Å². The van der Waals surface area contributed by atoms with E-state index in [4.69, 9.17) is 15.6 Å². The van der Waals surface area contributed by atoms with E-state index in [2.05, 4.69) is 31.0 Å². The first-order valence-corrected chi connectivity index (χ1v) is 14.4. The molecular formula is C29H32F5N9O4. The van der Waals surface area contributed by atoms with Crippen LogP contribution in [0.25, 0.3) is 16.9 Å². The number of imidazole rings is 1. The number of carboxylic acid groups (broad SMARTS) is 1. The van der Waals surface area contributed by atoms with Crippen molar-refractivity contribution >= 4 is 35.4 Å². The highest BCUT2D eigenvalue weighted by atomic mass is 19.4. The zero-order valence-corrected chi connectivity index (χ0v) is 25.0. The number of amides is 2. The van der Waals surface area contributed by atoms with Crippen molar-refractivity contribution < 1.29 is 41.4 Å². The minimum Gasteiger partial charge on any atom is -0.483 e. The summed E-state index contributed by atoms with van der Waals surface area (Å²) in [7, 11) is 0. The molecule has 18 heteroatoms. The smallest absolute Gasteiger partial charge is 0.435 e. The summed E-state index contributed by atoms with van der Waals surface area (Å²) in [5.41, 5.74) is 5.90. The Balaban J connectivity index is 0.00000160. The van der Waals surface area contributed by atoms with Crippen molar-refractivity contribution in [1.29, 1.82) is 0 Å². The summed E-state index contributed by atoms with van der Waals surface area (Å²) in [6.45, 7) is 1.18. The van der Waals surface area contributed by atoms with E-state index in [1.807, 2.05) is 6.92 Å². The van der Waals surface area contributed by atoms with Gasteiger partial charge in [-0.3, -0.25) is 23.5 Å². The predicted molar refractivity (Wildman–Crippen MR) is 159 cm³/mol. The van der Waals surface area contributed by atoms with Crippen molar-refractivity contribution in [1.82, 2.24) is 34.8 Å². The first-order valence-electron chi connectivity index (χ1n) is 14.4. The summed E-state index contributed by atoms with van der Waals surface area (Å²) in [6, 6.07) is 5.11. The highest BCUT2D eigenvalue weighted by Gasteiger charge is 2.38. The number of carbonyl (C=O) groups excluding carboxylic acids is 2. The second-order valence-corrected chi connectivity index (χ2v) is 10.5. The van der Waals surface area contributed by atoms with E-state index in [0.29, 0.717) is 35.2 Å². The highest BCUT2D eigenvalue weighted by molar-refractivity contribution is 5.96. The number of nitrogens with two attached hydrogens (primary N) is 1. The molecule has 3 aromatic heterocycles. The van der Waals surface area contributed by atoms with Crippen LogP contribution in [-0.4, -0.2) is 73.1 Å². The Morgan fingerprint density at radius 2 is 1.87 bits per heavy atom. The molecule has 13 nitrogen and oxygen atoms in total. The molecular weight excluding hydrogens is 633 g/mol. The molecule has 6 N–H and O–H groups in total. The average Bonchev–Trinajstić information content (AvgIpc) is 3.62. The van der Waals surface area contributed by atoms with Crippen LogP contribution in [0.1, 0.15) is 41.4 Å². The van der Waals surface area contributed by atoms with Crippen molar-refractivity contribution in [3.8, 4) is 11.3 Å². The van der Waals surface area contributed by atoms with Crippen LogP contribution in [0, 0.1) is 5.92 Å². The standard InChI is InChI=1S/C28H30F5N9O2.CH2O2/c1-2-15-11-18(3-4-19(15)27(44)37-6-5-36-26(43)16-9-17(34)10-16)39-24-25-38-12-21(42(25)8-7-35-24)20-13-41(14-22(29)30)40-23(20)28(31,32)33;2-1-3/h3-4,7-8,11-13,16-17,22H,2,5-6,9-10,14,34H2,1H3,(H,35,39)(H,36,43)(H,37,44);1H,(H,2,3). The highest BCUT2D eigenvalue weighted by Crippen LogP contribution is 2.37. The maximum Gasteiger partial charge on any atom is 0.435 e. The van der Waals surface area contributed by atoms with E-state index in [9.17, 15) is 31.5 Å². The van der Waals surface area contributed by atoms with Gasteiger partial charge in [0, 0.05) is 54.9 Å². The van der Waals surface area contributed by atoms with E-state index in [1.165, 1.54) is 23.0 Å². The van der Waals surface area contributed by atoms with Crippen LogP contribution >= 0.6 is 0 Å². The van der Waals surface area contributed by atoms with Crippen LogP contribution in [-0.2, 0) is 28.7 Å². The summed E-state index contributed by atoms with van der Waals surface area (Å²) in [5, 5.41) is 18.9. The zero-order chi connectivity index (χ0) is 34.3. The van der Waals surface area contributed by atoms with Gasteiger partial charge in [0.15, 0.2) is 17.2 Å². The van der Waals surface area contributed by atoms with Crippen molar-refractivity contribution in [3.63, 3.8) is 0 Å². The molecule has 0 bridgehead atoms. The number of hydrogen-bond acceptors (Lipinski definition) is 8. The second kappa shape index (κ2) is 15.0. The molecule has 1 aliphatic carbocycles. The summed E-state index contributed by atoms with van der Waals surface area (Å²) < 4.78 is 68.8. The molecule has 1 aliphatic rings. The molecule has 0 unspecified atom stereocenters. The van der Waals surface area contributed by atoms with Crippen molar-refractivity contribution in [2.75, 3.05) is 18.4 Å². The third-order valence-electron chi connectivity index (χ3n) is 7.31. The SMILES string of the molecule is CCc1cc(Nc2nccn3c(-c4cn(CC(F)F)nc4C(F)(F)F)cnc23)ccc1C(=O)NCCNC(=O)C1CC(N)C1.O=CO. The van der Waals surface area contributed by atoms with Crippen molar-refractivity contribution in [2.45, 2.75) is 51.4 Å². The number of aromatic nitrogens is 5. The number of rotatable bonds is 11. The van der Waals surface area contributed by atoms with Gasteiger partial charge < -0.3 is 26.8 Å². The molecule has 1 saturated carbocycles. The van der Waals surface area contributed by atoms with Gasteiger partial charge in [-0.2, -0.15) is 18.3 Å². The summed E-state index contributed by atoms with van der Waals surface area (Å²) in [4.78, 5) is 41.8. The van der Waals surface area contributed by atoms with Crippen LogP contribution in [0.15, 0.2) is 43.0 Å². The van der Waals surface area contributed by atoms with E-state index < -0.39 is 30.4 Å². The summed E-state index contributed by atoms with van der Waals surface area (Å²) >= 11 is 0. The lowest BCUT2D eigenvalue weighted by atomic mass is 9.80. The van der Waals surface area contributed by atoms with Gasteiger partial charge in [-0.15, -0.1) is 0 Å². The Labute approximate surface area is 264 Å². The minimum absolute atomic E-state index is 0.00740. The monoisotopic (exact) mass is 665 g/mol. The average molecular weight is 666 g/mol. The Morgan fingerprint density at radius 3 is 2.51 bits per heavy atom. The fourth-order valence-electron chi connectivity index (χ4n) is 5.06. The number of alkyl halides is 5. The van der Waals surface area contributed by atoms with Crippen LogP contribution < -0.4 is 21.7 Å². The number of aryl methyl sites for hydroxylation is 1. The number of nitrogens with zero attached hydrogens (tertiary/aromatic N) is 5. The van der Waals surface area contributed by atoms with Crippen molar-refractivity contribution in [3.05, 3.63) is 59.8 Å². The van der Waals surface area contributed by atoms with E-state index >= 15 is 0 Å².